The number of hydrogen-bond donors (Lipinski definition) is 2. The molecule has 0 aliphatic carbocycles. The van der Waals surface area contributed by atoms with Crippen molar-refractivity contribution in [3.63, 3.8) is 0 Å². The van der Waals surface area contributed by atoms with Gasteiger partial charge in [-0.1, -0.05) is 48.5 Å². The predicted molar refractivity (Wildman–Crippen MR) is 106 cm³/mol. The fraction of sp³-hybridized carbons (Fsp3) is 0.130. The minimum absolute atomic E-state index is 0.114. The van der Waals surface area contributed by atoms with Crippen molar-refractivity contribution in [3.8, 4) is 11.5 Å². The predicted octanol–water partition coefficient (Wildman–Crippen LogP) is 3.97. The molecule has 0 bridgehead atoms. The highest BCUT2D eigenvalue weighted by atomic mass is 16.5. The zero-order valence-electron chi connectivity index (χ0n) is 15.2. The Hall–Kier alpha value is -3.60. The molecule has 2 amide bonds. The SMILES string of the molecule is O=C(CC1NC(=O)c2ccccc21)NCc1cccc(Oc2ccccc2)c1. The molecule has 1 unspecified atom stereocenters. The largest absolute Gasteiger partial charge is 0.457 e. The number of hydrogen-bond acceptors (Lipinski definition) is 3. The molecule has 140 valence electrons. The van der Waals surface area contributed by atoms with Crippen LogP contribution in [-0.2, 0) is 11.3 Å². The van der Waals surface area contributed by atoms with E-state index in [9.17, 15) is 9.59 Å². The van der Waals surface area contributed by atoms with Crippen LogP contribution in [0.3, 0.4) is 0 Å². The maximum atomic E-state index is 12.4. The van der Waals surface area contributed by atoms with E-state index in [0.717, 1.165) is 22.6 Å². The summed E-state index contributed by atoms with van der Waals surface area (Å²) in [6.45, 7) is 0.396. The zero-order valence-corrected chi connectivity index (χ0v) is 15.2. The molecule has 0 aromatic heterocycles. The van der Waals surface area contributed by atoms with Crippen LogP contribution in [0.4, 0.5) is 0 Å². The van der Waals surface area contributed by atoms with Crippen molar-refractivity contribution in [2.75, 3.05) is 0 Å². The molecule has 1 aliphatic heterocycles. The average Bonchev–Trinajstić information content (AvgIpc) is 3.03. The fourth-order valence-electron chi connectivity index (χ4n) is 3.28. The van der Waals surface area contributed by atoms with Gasteiger partial charge in [-0.2, -0.15) is 0 Å². The second-order valence-electron chi connectivity index (χ2n) is 6.66. The van der Waals surface area contributed by atoms with Gasteiger partial charge in [-0.25, -0.2) is 0 Å². The first-order valence-electron chi connectivity index (χ1n) is 9.17. The zero-order chi connectivity index (χ0) is 19.3. The number of benzene rings is 3. The van der Waals surface area contributed by atoms with Crippen LogP contribution in [0, 0.1) is 0 Å². The van der Waals surface area contributed by atoms with E-state index in [1.54, 1.807) is 6.07 Å². The maximum Gasteiger partial charge on any atom is 0.252 e. The lowest BCUT2D eigenvalue weighted by Crippen LogP contribution is -2.28. The molecule has 1 atom stereocenters. The third kappa shape index (κ3) is 4.04. The monoisotopic (exact) mass is 372 g/mol. The molecular formula is C23H20N2O3. The lowest BCUT2D eigenvalue weighted by atomic mass is 10.0. The van der Waals surface area contributed by atoms with Crippen LogP contribution in [-0.4, -0.2) is 11.8 Å². The number of rotatable bonds is 6. The highest BCUT2D eigenvalue weighted by molar-refractivity contribution is 5.99. The second kappa shape index (κ2) is 7.96. The van der Waals surface area contributed by atoms with E-state index in [-0.39, 0.29) is 24.3 Å². The molecule has 0 saturated heterocycles. The summed E-state index contributed by atoms with van der Waals surface area (Å²) in [5.41, 5.74) is 2.46. The summed E-state index contributed by atoms with van der Waals surface area (Å²) in [5, 5.41) is 5.78. The number of para-hydroxylation sites is 1. The molecule has 28 heavy (non-hydrogen) atoms. The van der Waals surface area contributed by atoms with Gasteiger partial charge in [0.25, 0.3) is 5.91 Å². The van der Waals surface area contributed by atoms with Gasteiger partial charge in [0.1, 0.15) is 11.5 Å². The van der Waals surface area contributed by atoms with Gasteiger partial charge in [-0.15, -0.1) is 0 Å². The Balaban J connectivity index is 1.34. The molecule has 0 spiro atoms. The normalized spacial score (nSPS) is 14.9. The van der Waals surface area contributed by atoms with Crippen LogP contribution in [0.15, 0.2) is 78.9 Å². The molecular weight excluding hydrogens is 352 g/mol. The van der Waals surface area contributed by atoms with Crippen LogP contribution in [0.1, 0.15) is 33.9 Å². The van der Waals surface area contributed by atoms with Crippen LogP contribution in [0.5, 0.6) is 11.5 Å². The van der Waals surface area contributed by atoms with Gasteiger partial charge in [0.05, 0.1) is 12.5 Å². The maximum absolute atomic E-state index is 12.4. The number of ether oxygens (including phenoxy) is 1. The van der Waals surface area contributed by atoms with E-state index in [0.29, 0.717) is 12.1 Å². The third-order valence-corrected chi connectivity index (χ3v) is 4.64. The lowest BCUT2D eigenvalue weighted by Gasteiger charge is -2.12. The summed E-state index contributed by atoms with van der Waals surface area (Å²) in [5.74, 6) is 1.24. The summed E-state index contributed by atoms with van der Waals surface area (Å²) >= 11 is 0. The minimum atomic E-state index is -0.281. The van der Waals surface area contributed by atoms with Crippen molar-refractivity contribution in [3.05, 3.63) is 95.6 Å². The molecule has 0 fully saturated rings. The van der Waals surface area contributed by atoms with Crippen molar-refractivity contribution < 1.29 is 14.3 Å². The molecule has 1 heterocycles. The molecule has 2 N–H and O–H groups in total. The summed E-state index contributed by atoms with van der Waals surface area (Å²) < 4.78 is 5.82. The van der Waals surface area contributed by atoms with E-state index in [2.05, 4.69) is 10.6 Å². The Kier molecular flexibility index (Phi) is 5.06. The van der Waals surface area contributed by atoms with Gasteiger partial charge >= 0.3 is 0 Å². The first-order chi connectivity index (χ1) is 13.7. The molecule has 4 rings (SSSR count). The van der Waals surface area contributed by atoms with Crippen LogP contribution >= 0.6 is 0 Å². The van der Waals surface area contributed by atoms with E-state index in [4.69, 9.17) is 4.74 Å². The van der Waals surface area contributed by atoms with Gasteiger partial charge < -0.3 is 15.4 Å². The summed E-state index contributed by atoms with van der Waals surface area (Å²) in [4.78, 5) is 24.3. The van der Waals surface area contributed by atoms with Crippen molar-refractivity contribution >= 4 is 11.8 Å². The third-order valence-electron chi connectivity index (χ3n) is 4.64. The van der Waals surface area contributed by atoms with Crippen molar-refractivity contribution in [2.45, 2.75) is 19.0 Å². The number of carbonyl (C=O) groups is 2. The molecule has 1 aliphatic rings. The number of fused-ring (bicyclic) bond motifs is 1. The van der Waals surface area contributed by atoms with E-state index >= 15 is 0 Å². The van der Waals surface area contributed by atoms with Crippen LogP contribution < -0.4 is 15.4 Å². The van der Waals surface area contributed by atoms with Crippen LogP contribution in [0.25, 0.3) is 0 Å². The summed E-state index contributed by atoms with van der Waals surface area (Å²) in [6.07, 6.45) is 0.211. The Bertz CT molecular complexity index is 1000. The molecule has 3 aromatic carbocycles. The number of amides is 2. The molecule has 5 heteroatoms. The quantitative estimate of drug-likeness (QED) is 0.688. The molecule has 0 saturated carbocycles. The Labute approximate surface area is 163 Å². The summed E-state index contributed by atoms with van der Waals surface area (Å²) in [7, 11) is 0. The van der Waals surface area contributed by atoms with Gasteiger partial charge in [0.2, 0.25) is 5.91 Å². The number of nitrogens with one attached hydrogen (secondary N) is 2. The average molecular weight is 372 g/mol. The second-order valence-corrected chi connectivity index (χ2v) is 6.66. The van der Waals surface area contributed by atoms with Crippen molar-refractivity contribution in [2.24, 2.45) is 0 Å². The first-order valence-corrected chi connectivity index (χ1v) is 9.17. The minimum Gasteiger partial charge on any atom is -0.457 e. The van der Waals surface area contributed by atoms with E-state index < -0.39 is 0 Å². The smallest absolute Gasteiger partial charge is 0.252 e. The van der Waals surface area contributed by atoms with Gasteiger partial charge in [0, 0.05) is 12.1 Å². The van der Waals surface area contributed by atoms with Gasteiger partial charge in [-0.3, -0.25) is 9.59 Å². The van der Waals surface area contributed by atoms with Gasteiger partial charge in [0.15, 0.2) is 0 Å². The Morgan fingerprint density at radius 2 is 1.68 bits per heavy atom. The van der Waals surface area contributed by atoms with Crippen LogP contribution in [0.2, 0.25) is 0 Å². The number of carbonyl (C=O) groups excluding carboxylic acids is 2. The lowest BCUT2D eigenvalue weighted by molar-refractivity contribution is -0.121. The first kappa shape index (κ1) is 17.8. The van der Waals surface area contributed by atoms with E-state index in [1.807, 2.05) is 72.8 Å². The van der Waals surface area contributed by atoms with Crippen molar-refractivity contribution in [1.82, 2.24) is 10.6 Å². The highest BCUT2D eigenvalue weighted by Gasteiger charge is 2.29. The van der Waals surface area contributed by atoms with E-state index in [1.165, 1.54) is 0 Å². The Morgan fingerprint density at radius 1 is 0.929 bits per heavy atom. The summed E-state index contributed by atoms with van der Waals surface area (Å²) in [6, 6.07) is 24.2. The Morgan fingerprint density at radius 3 is 2.54 bits per heavy atom. The molecule has 5 nitrogen and oxygen atoms in total. The molecule has 0 radical (unpaired) electrons. The van der Waals surface area contributed by atoms with Gasteiger partial charge in [-0.05, 0) is 41.5 Å². The molecule has 3 aromatic rings. The van der Waals surface area contributed by atoms with Crippen molar-refractivity contribution in [1.29, 1.82) is 0 Å². The fourth-order valence-corrected chi connectivity index (χ4v) is 3.28. The highest BCUT2D eigenvalue weighted by Crippen LogP contribution is 2.27. The topological polar surface area (TPSA) is 67.4 Å². The standard InChI is InChI=1S/C23H20N2O3/c26-22(14-21-19-11-4-5-12-20(19)23(27)25-21)24-15-16-7-6-10-18(13-16)28-17-8-2-1-3-9-17/h1-13,21H,14-15H2,(H,24,26)(H,25,27).